The lowest BCUT2D eigenvalue weighted by Crippen LogP contribution is -2.36. The molecular formula is C57H35FN2O. The molecule has 2 heterocycles. The normalized spacial score (nSPS) is 13.4. The number of hydrogen-bond acceptors (Lipinski definition) is 3. The average Bonchev–Trinajstić information content (AvgIpc) is 3.85. The Bertz CT molecular complexity index is 3520. The van der Waals surface area contributed by atoms with Gasteiger partial charge in [-0.05, 0) is 116 Å². The number of nitrogens with zero attached hydrogens (tertiary/aromatic N) is 2. The van der Waals surface area contributed by atoms with E-state index in [2.05, 4.69) is 186 Å². The van der Waals surface area contributed by atoms with Gasteiger partial charge in [-0.2, -0.15) is 0 Å². The summed E-state index contributed by atoms with van der Waals surface area (Å²) >= 11 is 0. The molecule has 3 nitrogen and oxygen atoms in total. The van der Waals surface area contributed by atoms with Crippen molar-refractivity contribution in [2.45, 2.75) is 5.41 Å². The van der Waals surface area contributed by atoms with Gasteiger partial charge in [-0.1, -0.05) is 146 Å². The van der Waals surface area contributed by atoms with E-state index >= 15 is 0 Å². The molecule has 0 bridgehead atoms. The van der Waals surface area contributed by atoms with Gasteiger partial charge in [-0.25, -0.2) is 4.39 Å². The first-order valence-electron chi connectivity index (χ1n) is 20.8. The Morgan fingerprint density at radius 3 is 1.80 bits per heavy atom. The summed E-state index contributed by atoms with van der Waals surface area (Å²) in [6, 6.07) is 74.7. The van der Waals surface area contributed by atoms with Gasteiger partial charge in [0.1, 0.15) is 11.4 Å². The lowest BCUT2D eigenvalue weighted by Gasteiger charge is -2.45. The van der Waals surface area contributed by atoms with Gasteiger partial charge in [-0.15, -0.1) is 0 Å². The molecule has 0 saturated carbocycles. The van der Waals surface area contributed by atoms with Crippen LogP contribution in [0.15, 0.2) is 217 Å². The molecule has 0 radical (unpaired) electrons. The number of furan rings is 1. The molecule has 1 aliphatic carbocycles. The SMILES string of the molecule is Fc1ccc(N(c2cc3c(c4ccccc24)-c2c(ccc4ccccc24)C32c3ccccc3N(c3ccccc3)c3ccccc32)c2cccc3c2oc2ccccc23)cc1. The summed E-state index contributed by atoms with van der Waals surface area (Å²) in [7, 11) is 0. The van der Waals surface area contributed by atoms with Crippen molar-refractivity contribution >= 4 is 77.6 Å². The van der Waals surface area contributed by atoms with Crippen LogP contribution in [0.5, 0.6) is 0 Å². The predicted molar refractivity (Wildman–Crippen MR) is 249 cm³/mol. The first kappa shape index (κ1) is 34.0. The highest BCUT2D eigenvalue weighted by atomic mass is 19.1. The number of fused-ring (bicyclic) bond motifs is 16. The maximum Gasteiger partial charge on any atom is 0.159 e. The first-order chi connectivity index (χ1) is 30.2. The summed E-state index contributed by atoms with van der Waals surface area (Å²) in [5, 5.41) is 6.73. The van der Waals surface area contributed by atoms with Gasteiger partial charge < -0.3 is 14.2 Å². The number of anilines is 6. The molecule has 10 aromatic carbocycles. The molecule has 4 heteroatoms. The molecular weight excluding hydrogens is 748 g/mol. The summed E-state index contributed by atoms with van der Waals surface area (Å²) in [4.78, 5) is 4.70. The van der Waals surface area contributed by atoms with Crippen molar-refractivity contribution in [1.29, 1.82) is 0 Å². The van der Waals surface area contributed by atoms with Crippen molar-refractivity contribution in [2.75, 3.05) is 9.80 Å². The minimum atomic E-state index is -0.716. The van der Waals surface area contributed by atoms with Gasteiger partial charge in [0, 0.05) is 27.5 Å². The van der Waals surface area contributed by atoms with Crippen molar-refractivity contribution in [1.82, 2.24) is 0 Å². The molecule has 1 aliphatic heterocycles. The van der Waals surface area contributed by atoms with Crippen LogP contribution < -0.4 is 9.80 Å². The zero-order chi connectivity index (χ0) is 40.2. The third kappa shape index (κ3) is 4.62. The monoisotopic (exact) mass is 782 g/mol. The number of halogens is 1. The van der Waals surface area contributed by atoms with Gasteiger partial charge in [0.05, 0.1) is 28.2 Å². The van der Waals surface area contributed by atoms with Crippen LogP contribution >= 0.6 is 0 Å². The van der Waals surface area contributed by atoms with E-state index in [0.717, 1.165) is 66.8 Å². The van der Waals surface area contributed by atoms with Gasteiger partial charge in [0.2, 0.25) is 0 Å². The second-order valence-electron chi connectivity index (χ2n) is 16.1. The molecule has 0 atom stereocenters. The lowest BCUT2D eigenvalue weighted by molar-refractivity contribution is 0.628. The molecule has 0 fully saturated rings. The number of para-hydroxylation sites is 5. The number of benzene rings is 10. The van der Waals surface area contributed by atoms with E-state index in [1.807, 2.05) is 24.3 Å². The largest absolute Gasteiger partial charge is 0.454 e. The Hall–Kier alpha value is -7.95. The quantitative estimate of drug-likeness (QED) is 0.177. The lowest BCUT2D eigenvalue weighted by atomic mass is 9.64. The van der Waals surface area contributed by atoms with Crippen molar-refractivity contribution < 1.29 is 8.81 Å². The second kappa shape index (κ2) is 12.8. The molecule has 13 rings (SSSR count). The Morgan fingerprint density at radius 2 is 1.03 bits per heavy atom. The van der Waals surface area contributed by atoms with E-state index in [0.29, 0.717) is 0 Å². The van der Waals surface area contributed by atoms with E-state index in [9.17, 15) is 4.39 Å². The second-order valence-corrected chi connectivity index (χ2v) is 16.1. The molecule has 0 amide bonds. The fourth-order valence-corrected chi connectivity index (χ4v) is 10.7. The van der Waals surface area contributed by atoms with E-state index in [-0.39, 0.29) is 5.82 Å². The average molecular weight is 783 g/mol. The first-order valence-corrected chi connectivity index (χ1v) is 20.8. The van der Waals surface area contributed by atoms with Gasteiger partial charge >= 0.3 is 0 Å². The van der Waals surface area contributed by atoms with Crippen LogP contribution in [-0.4, -0.2) is 0 Å². The highest BCUT2D eigenvalue weighted by molar-refractivity contribution is 6.18. The van der Waals surface area contributed by atoms with Gasteiger partial charge in [-0.3, -0.25) is 0 Å². The molecule has 286 valence electrons. The Kier molecular flexibility index (Phi) is 7.11. The van der Waals surface area contributed by atoms with Gasteiger partial charge in [0.25, 0.3) is 0 Å². The van der Waals surface area contributed by atoms with Crippen molar-refractivity contribution in [2.24, 2.45) is 0 Å². The number of hydrogen-bond donors (Lipinski definition) is 0. The minimum absolute atomic E-state index is 0.288. The summed E-state index contributed by atoms with van der Waals surface area (Å²) in [5.41, 5.74) is 14.3. The fourth-order valence-electron chi connectivity index (χ4n) is 10.7. The molecule has 0 N–H and O–H groups in total. The molecule has 1 aromatic heterocycles. The minimum Gasteiger partial charge on any atom is -0.454 e. The van der Waals surface area contributed by atoms with E-state index < -0.39 is 5.41 Å². The van der Waals surface area contributed by atoms with Crippen LogP contribution in [-0.2, 0) is 5.41 Å². The van der Waals surface area contributed by atoms with Crippen molar-refractivity contribution in [3.63, 3.8) is 0 Å². The molecule has 61 heavy (non-hydrogen) atoms. The maximum absolute atomic E-state index is 14.9. The molecule has 1 spiro atoms. The Morgan fingerprint density at radius 1 is 0.426 bits per heavy atom. The predicted octanol–water partition coefficient (Wildman–Crippen LogP) is 15.6. The summed E-state index contributed by atoms with van der Waals surface area (Å²) in [5.74, 6) is -0.288. The third-order valence-electron chi connectivity index (χ3n) is 13.1. The summed E-state index contributed by atoms with van der Waals surface area (Å²) in [6.07, 6.45) is 0. The maximum atomic E-state index is 14.9. The Labute approximate surface area is 351 Å². The topological polar surface area (TPSA) is 19.6 Å². The number of rotatable bonds is 4. The van der Waals surface area contributed by atoms with Crippen molar-refractivity contribution in [3.8, 4) is 11.1 Å². The zero-order valence-electron chi connectivity index (χ0n) is 32.9. The molecule has 11 aromatic rings. The van der Waals surface area contributed by atoms with E-state index in [4.69, 9.17) is 4.42 Å². The van der Waals surface area contributed by atoms with E-state index in [1.165, 1.54) is 44.2 Å². The van der Waals surface area contributed by atoms with Crippen LogP contribution in [0.2, 0.25) is 0 Å². The van der Waals surface area contributed by atoms with Gasteiger partial charge in [0.15, 0.2) is 5.58 Å². The molecule has 0 saturated heterocycles. The highest BCUT2D eigenvalue weighted by Crippen LogP contribution is 2.66. The van der Waals surface area contributed by atoms with Crippen molar-refractivity contribution in [3.05, 3.63) is 240 Å². The van der Waals surface area contributed by atoms with Crippen LogP contribution in [0.25, 0.3) is 54.6 Å². The van der Waals surface area contributed by atoms with Crippen LogP contribution in [0, 0.1) is 5.82 Å². The van der Waals surface area contributed by atoms with E-state index in [1.54, 1.807) is 12.1 Å². The smallest absolute Gasteiger partial charge is 0.159 e. The Balaban J connectivity index is 1.21. The zero-order valence-corrected chi connectivity index (χ0v) is 32.9. The van der Waals surface area contributed by atoms with Crippen LogP contribution in [0.4, 0.5) is 38.5 Å². The summed E-state index contributed by atoms with van der Waals surface area (Å²) < 4.78 is 21.7. The third-order valence-corrected chi connectivity index (χ3v) is 13.1. The highest BCUT2D eigenvalue weighted by Gasteiger charge is 2.53. The molecule has 0 unspecified atom stereocenters. The standard InChI is InChI=1S/C57H35FN2O/c58-37-30-32-39(33-31-37)60(51-27-14-22-44-42-20-8-13-28-53(42)61-56(44)51)52-35-48-55(43-21-7-6-19-41(43)52)54-40-18-5-4-15-36(40)29-34-47(54)57(48)45-23-9-11-25-49(45)59(38-16-2-1-3-17-38)50-26-12-10-24-46(50)57/h1-35H. The van der Waals surface area contributed by atoms with Crippen LogP contribution in [0.3, 0.4) is 0 Å². The summed E-state index contributed by atoms with van der Waals surface area (Å²) in [6.45, 7) is 0. The fraction of sp³-hybridized carbons (Fsp3) is 0.0175. The van der Waals surface area contributed by atoms with Crippen LogP contribution in [0.1, 0.15) is 22.3 Å². The molecule has 2 aliphatic rings.